The van der Waals surface area contributed by atoms with Gasteiger partial charge in [0.2, 0.25) is 5.79 Å². The lowest BCUT2D eigenvalue weighted by molar-refractivity contribution is -0.263. The standard InChI is InChI=1S/C14H21NO3.ClH/c1-10-14(16,18-9-13(2,3)15-10)11-5-7-12(17-4)8-6-11;/h5-8,10,15-16H,9H2,1-4H3;1H/t10-,14+;/m0./s1. The number of benzene rings is 1. The van der Waals surface area contributed by atoms with Gasteiger partial charge >= 0.3 is 0 Å². The Morgan fingerprint density at radius 2 is 1.89 bits per heavy atom. The fourth-order valence-electron chi connectivity index (χ4n) is 2.30. The number of rotatable bonds is 2. The number of nitrogens with one attached hydrogen (secondary N) is 1. The van der Waals surface area contributed by atoms with Crippen LogP contribution in [0.5, 0.6) is 5.75 Å². The summed E-state index contributed by atoms with van der Waals surface area (Å²) in [5, 5.41) is 14.0. The van der Waals surface area contributed by atoms with E-state index in [1.807, 2.05) is 31.2 Å². The van der Waals surface area contributed by atoms with Gasteiger partial charge in [-0.15, -0.1) is 12.4 Å². The highest BCUT2D eigenvalue weighted by atomic mass is 35.5. The first-order valence-electron chi connectivity index (χ1n) is 6.16. The molecule has 1 aliphatic heterocycles. The van der Waals surface area contributed by atoms with Crippen LogP contribution in [0.4, 0.5) is 0 Å². The quantitative estimate of drug-likeness (QED) is 0.874. The summed E-state index contributed by atoms with van der Waals surface area (Å²) in [5.41, 5.74) is 0.608. The topological polar surface area (TPSA) is 50.7 Å². The molecule has 19 heavy (non-hydrogen) atoms. The molecule has 108 valence electrons. The van der Waals surface area contributed by atoms with Gasteiger partial charge in [-0.3, -0.25) is 0 Å². The molecule has 1 aromatic carbocycles. The van der Waals surface area contributed by atoms with Crippen LogP contribution in [0.15, 0.2) is 24.3 Å². The lowest BCUT2D eigenvalue weighted by Crippen LogP contribution is -2.63. The van der Waals surface area contributed by atoms with Gasteiger partial charge in [0.1, 0.15) is 5.75 Å². The number of hydrogen-bond acceptors (Lipinski definition) is 4. The third-order valence-electron chi connectivity index (χ3n) is 3.35. The fraction of sp³-hybridized carbons (Fsp3) is 0.571. The van der Waals surface area contributed by atoms with Crippen LogP contribution in [-0.4, -0.2) is 30.4 Å². The van der Waals surface area contributed by atoms with Crippen molar-refractivity contribution in [1.82, 2.24) is 5.32 Å². The monoisotopic (exact) mass is 287 g/mol. The Morgan fingerprint density at radius 3 is 2.37 bits per heavy atom. The van der Waals surface area contributed by atoms with E-state index in [4.69, 9.17) is 9.47 Å². The molecule has 2 rings (SSSR count). The lowest BCUT2D eigenvalue weighted by Gasteiger charge is -2.46. The van der Waals surface area contributed by atoms with Crippen molar-refractivity contribution in [3.05, 3.63) is 29.8 Å². The Hall–Kier alpha value is -0.810. The summed E-state index contributed by atoms with van der Waals surface area (Å²) < 4.78 is 10.8. The van der Waals surface area contributed by atoms with Crippen LogP contribution in [0, 0.1) is 0 Å². The number of morpholine rings is 1. The van der Waals surface area contributed by atoms with Gasteiger partial charge in [0.15, 0.2) is 0 Å². The molecule has 1 heterocycles. The summed E-state index contributed by atoms with van der Waals surface area (Å²) in [7, 11) is 1.62. The maximum Gasteiger partial charge on any atom is 0.208 e. The zero-order valence-electron chi connectivity index (χ0n) is 11.8. The SMILES string of the molecule is COc1ccc([C@]2(O)OCC(C)(C)N[C@H]2C)cc1.Cl. The summed E-state index contributed by atoms with van der Waals surface area (Å²) in [5.74, 6) is -0.527. The van der Waals surface area contributed by atoms with Gasteiger partial charge in [0, 0.05) is 11.1 Å². The molecule has 4 nitrogen and oxygen atoms in total. The second-order valence-electron chi connectivity index (χ2n) is 5.46. The van der Waals surface area contributed by atoms with E-state index in [0.29, 0.717) is 6.61 Å². The van der Waals surface area contributed by atoms with Crippen molar-refractivity contribution in [2.75, 3.05) is 13.7 Å². The number of ether oxygens (including phenoxy) is 2. The van der Waals surface area contributed by atoms with E-state index < -0.39 is 5.79 Å². The fourth-order valence-corrected chi connectivity index (χ4v) is 2.30. The third-order valence-corrected chi connectivity index (χ3v) is 3.35. The normalized spacial score (nSPS) is 29.4. The summed E-state index contributed by atoms with van der Waals surface area (Å²) in [6.45, 7) is 6.49. The zero-order chi connectivity index (χ0) is 13.4. The molecular formula is C14H22ClNO3. The Bertz CT molecular complexity index is 421. The maximum absolute atomic E-state index is 10.7. The Morgan fingerprint density at radius 1 is 1.32 bits per heavy atom. The van der Waals surface area contributed by atoms with Gasteiger partial charge in [-0.2, -0.15) is 0 Å². The van der Waals surface area contributed by atoms with Crippen molar-refractivity contribution in [3.63, 3.8) is 0 Å². The molecule has 1 aliphatic rings. The Kier molecular flexibility index (Phi) is 4.85. The molecule has 1 aromatic rings. The summed E-state index contributed by atoms with van der Waals surface area (Å²) >= 11 is 0. The van der Waals surface area contributed by atoms with E-state index in [0.717, 1.165) is 11.3 Å². The van der Waals surface area contributed by atoms with Crippen LogP contribution in [-0.2, 0) is 10.5 Å². The molecule has 2 atom stereocenters. The predicted octanol–water partition coefficient (Wildman–Crippen LogP) is 2.05. The molecule has 1 fully saturated rings. The number of aliphatic hydroxyl groups is 1. The smallest absolute Gasteiger partial charge is 0.208 e. The van der Waals surface area contributed by atoms with Gasteiger partial charge in [0.05, 0.1) is 19.8 Å². The van der Waals surface area contributed by atoms with Crippen molar-refractivity contribution >= 4 is 12.4 Å². The van der Waals surface area contributed by atoms with E-state index in [1.165, 1.54) is 0 Å². The van der Waals surface area contributed by atoms with Gasteiger partial charge in [0.25, 0.3) is 0 Å². The Labute approximate surface area is 120 Å². The van der Waals surface area contributed by atoms with Crippen LogP contribution in [0.1, 0.15) is 26.3 Å². The average molecular weight is 288 g/mol. The minimum atomic E-state index is -1.29. The highest BCUT2D eigenvalue weighted by Gasteiger charge is 2.44. The third kappa shape index (κ3) is 3.20. The molecule has 0 unspecified atom stereocenters. The van der Waals surface area contributed by atoms with Crippen LogP contribution >= 0.6 is 12.4 Å². The average Bonchev–Trinajstić information content (AvgIpc) is 2.34. The molecule has 5 heteroatoms. The van der Waals surface area contributed by atoms with Crippen molar-refractivity contribution < 1.29 is 14.6 Å². The molecule has 0 aromatic heterocycles. The summed E-state index contributed by atoms with van der Waals surface area (Å²) in [6.07, 6.45) is 0. The van der Waals surface area contributed by atoms with Gasteiger partial charge in [-0.1, -0.05) is 0 Å². The first-order valence-corrected chi connectivity index (χ1v) is 6.16. The largest absolute Gasteiger partial charge is 0.497 e. The van der Waals surface area contributed by atoms with Crippen molar-refractivity contribution in [1.29, 1.82) is 0 Å². The minimum absolute atomic E-state index is 0. The number of hydrogen-bond donors (Lipinski definition) is 2. The molecule has 0 bridgehead atoms. The molecule has 0 spiro atoms. The first kappa shape index (κ1) is 16.2. The van der Waals surface area contributed by atoms with E-state index >= 15 is 0 Å². The zero-order valence-corrected chi connectivity index (χ0v) is 12.6. The highest BCUT2D eigenvalue weighted by molar-refractivity contribution is 5.85. The lowest BCUT2D eigenvalue weighted by atomic mass is 9.92. The minimum Gasteiger partial charge on any atom is -0.497 e. The molecular weight excluding hydrogens is 266 g/mol. The molecule has 0 radical (unpaired) electrons. The van der Waals surface area contributed by atoms with Crippen molar-refractivity contribution in [2.45, 2.75) is 38.1 Å². The second kappa shape index (κ2) is 5.67. The van der Waals surface area contributed by atoms with Crippen LogP contribution < -0.4 is 10.1 Å². The van der Waals surface area contributed by atoms with E-state index in [9.17, 15) is 5.11 Å². The summed E-state index contributed by atoms with van der Waals surface area (Å²) in [4.78, 5) is 0. The molecule has 1 saturated heterocycles. The highest BCUT2D eigenvalue weighted by Crippen LogP contribution is 2.33. The van der Waals surface area contributed by atoms with Crippen LogP contribution in [0.3, 0.4) is 0 Å². The maximum atomic E-state index is 10.7. The molecule has 0 amide bonds. The first-order chi connectivity index (χ1) is 8.37. The van der Waals surface area contributed by atoms with E-state index in [1.54, 1.807) is 7.11 Å². The van der Waals surface area contributed by atoms with Gasteiger partial charge < -0.3 is 19.9 Å². The van der Waals surface area contributed by atoms with E-state index in [-0.39, 0.29) is 24.0 Å². The molecule has 0 aliphatic carbocycles. The molecule has 0 saturated carbocycles. The number of methoxy groups -OCH3 is 1. The summed E-state index contributed by atoms with van der Waals surface area (Å²) in [6, 6.07) is 7.12. The second-order valence-corrected chi connectivity index (χ2v) is 5.46. The van der Waals surface area contributed by atoms with E-state index in [2.05, 4.69) is 19.2 Å². The van der Waals surface area contributed by atoms with Crippen molar-refractivity contribution in [2.24, 2.45) is 0 Å². The Balaban J connectivity index is 0.00000180. The van der Waals surface area contributed by atoms with Crippen LogP contribution in [0.25, 0.3) is 0 Å². The molecule has 2 N–H and O–H groups in total. The predicted molar refractivity (Wildman–Crippen MR) is 76.8 cm³/mol. The van der Waals surface area contributed by atoms with Gasteiger partial charge in [-0.25, -0.2) is 0 Å². The van der Waals surface area contributed by atoms with Crippen molar-refractivity contribution in [3.8, 4) is 5.75 Å². The number of halogens is 1. The van der Waals surface area contributed by atoms with Gasteiger partial charge in [-0.05, 0) is 45.0 Å². The van der Waals surface area contributed by atoms with Crippen LogP contribution in [0.2, 0.25) is 0 Å².